The van der Waals surface area contributed by atoms with Crippen molar-refractivity contribution in [2.75, 3.05) is 11.9 Å². The lowest BCUT2D eigenvalue weighted by Crippen LogP contribution is -2.08. The zero-order chi connectivity index (χ0) is 11.5. The molecule has 7 nitrogen and oxygen atoms in total. The van der Waals surface area contributed by atoms with Crippen molar-refractivity contribution >= 4 is 28.0 Å². The molecule has 1 aromatic heterocycles. The Balaban J connectivity index is 2.25. The monoisotopic (exact) mass is 237 g/mol. The number of rotatable bonds is 3. The minimum absolute atomic E-state index is 0.0625. The van der Waals surface area contributed by atoms with Gasteiger partial charge in [0.05, 0.1) is 4.92 Å². The second-order valence-corrected chi connectivity index (χ2v) is 3.69. The van der Waals surface area contributed by atoms with Crippen molar-refractivity contribution in [2.24, 2.45) is 0 Å². The van der Waals surface area contributed by atoms with Gasteiger partial charge in [-0.25, -0.2) is 0 Å². The summed E-state index contributed by atoms with van der Waals surface area (Å²) in [5.41, 5.74) is 0.858. The number of aromatic nitrogens is 3. The third-order valence-corrected chi connectivity index (χ3v) is 2.70. The van der Waals surface area contributed by atoms with E-state index in [1.165, 1.54) is 12.1 Å². The van der Waals surface area contributed by atoms with Crippen molar-refractivity contribution < 1.29 is 4.92 Å². The summed E-state index contributed by atoms with van der Waals surface area (Å²) >= 11 is 1.16. The highest BCUT2D eigenvalue weighted by Gasteiger charge is 2.10. The van der Waals surface area contributed by atoms with Crippen molar-refractivity contribution in [3.8, 4) is 0 Å². The Morgan fingerprint density at radius 2 is 2.06 bits per heavy atom. The maximum atomic E-state index is 10.5. The van der Waals surface area contributed by atoms with Crippen molar-refractivity contribution in [3.63, 3.8) is 0 Å². The summed E-state index contributed by atoms with van der Waals surface area (Å²) in [6.45, 7) is 0. The Bertz CT molecular complexity index is 484. The molecule has 0 saturated heterocycles. The van der Waals surface area contributed by atoms with Crippen LogP contribution in [0.3, 0.4) is 0 Å². The molecule has 0 aliphatic carbocycles. The second-order valence-electron chi connectivity index (χ2n) is 2.98. The lowest BCUT2D eigenvalue weighted by Gasteiger charge is -2.13. The smallest absolute Gasteiger partial charge is 0.269 e. The number of nitro groups is 1. The van der Waals surface area contributed by atoms with E-state index in [4.69, 9.17) is 0 Å². The number of nitro benzene ring substituents is 1. The molecule has 0 atom stereocenters. The predicted molar refractivity (Wildman–Crippen MR) is 58.9 cm³/mol. The third kappa shape index (κ3) is 1.96. The Morgan fingerprint density at radius 3 is 2.56 bits per heavy atom. The van der Waals surface area contributed by atoms with Crippen LogP contribution in [0.5, 0.6) is 0 Å². The van der Waals surface area contributed by atoms with E-state index in [1.807, 2.05) is 0 Å². The first-order valence-electron chi connectivity index (χ1n) is 4.31. The lowest BCUT2D eigenvalue weighted by atomic mass is 10.3. The van der Waals surface area contributed by atoms with Crippen LogP contribution in [0.4, 0.5) is 16.5 Å². The van der Waals surface area contributed by atoms with Gasteiger partial charge in [-0.05, 0) is 17.3 Å². The molecule has 0 spiro atoms. The Hall–Kier alpha value is -2.09. The second kappa shape index (κ2) is 4.19. The molecule has 2 aromatic rings. The molecular weight excluding hydrogens is 230 g/mol. The average molecular weight is 237 g/mol. The first-order chi connectivity index (χ1) is 7.68. The normalized spacial score (nSPS) is 10.1. The summed E-state index contributed by atoms with van der Waals surface area (Å²) in [5, 5.41) is 18.4. The summed E-state index contributed by atoms with van der Waals surface area (Å²) in [4.78, 5) is 11.8. The third-order valence-electron chi connectivity index (χ3n) is 2.02. The minimum atomic E-state index is -0.434. The molecule has 1 aromatic carbocycles. The van der Waals surface area contributed by atoms with Gasteiger partial charge in [0.2, 0.25) is 5.13 Å². The SMILES string of the molecule is CN(c1ccc([N+](=O)[O-])cc1)c1nnns1. The first-order valence-corrected chi connectivity index (χ1v) is 5.09. The van der Waals surface area contributed by atoms with Crippen LogP contribution in [0.15, 0.2) is 24.3 Å². The van der Waals surface area contributed by atoms with Gasteiger partial charge >= 0.3 is 0 Å². The van der Waals surface area contributed by atoms with E-state index in [-0.39, 0.29) is 5.69 Å². The molecule has 0 saturated carbocycles. The predicted octanol–water partition coefficient (Wildman–Crippen LogP) is 1.61. The molecule has 0 N–H and O–H groups in total. The molecule has 0 fully saturated rings. The molecule has 16 heavy (non-hydrogen) atoms. The number of nitrogens with zero attached hydrogens (tertiary/aromatic N) is 5. The largest absolute Gasteiger partial charge is 0.318 e. The zero-order valence-corrected chi connectivity index (χ0v) is 9.09. The van der Waals surface area contributed by atoms with E-state index in [2.05, 4.69) is 14.8 Å². The number of non-ortho nitro benzene ring substituents is 1. The van der Waals surface area contributed by atoms with E-state index < -0.39 is 4.92 Å². The Kier molecular flexibility index (Phi) is 2.73. The highest BCUT2D eigenvalue weighted by molar-refractivity contribution is 7.09. The van der Waals surface area contributed by atoms with Crippen molar-refractivity contribution in [2.45, 2.75) is 0 Å². The fourth-order valence-electron chi connectivity index (χ4n) is 1.17. The highest BCUT2D eigenvalue weighted by atomic mass is 32.1. The van der Waals surface area contributed by atoms with Gasteiger partial charge in [0.1, 0.15) is 0 Å². The van der Waals surface area contributed by atoms with Crippen LogP contribution in [0, 0.1) is 10.1 Å². The van der Waals surface area contributed by atoms with Gasteiger partial charge in [0, 0.05) is 36.4 Å². The van der Waals surface area contributed by atoms with Crippen LogP contribution in [-0.2, 0) is 0 Å². The fraction of sp³-hybridized carbons (Fsp3) is 0.125. The summed E-state index contributed by atoms with van der Waals surface area (Å²) in [5.74, 6) is 0. The van der Waals surface area contributed by atoms with Gasteiger partial charge in [-0.3, -0.25) is 10.1 Å². The number of benzene rings is 1. The standard InChI is InChI=1S/C8H7N5O2S/c1-12(8-9-10-11-16-8)6-2-4-7(5-3-6)13(14)15/h2-5H,1H3. The molecule has 0 aliphatic heterocycles. The van der Waals surface area contributed by atoms with E-state index in [0.29, 0.717) is 5.13 Å². The van der Waals surface area contributed by atoms with Crippen LogP contribution in [-0.4, -0.2) is 26.8 Å². The molecular formula is C8H7N5O2S. The molecule has 82 valence electrons. The number of hydrogen-bond acceptors (Lipinski definition) is 7. The molecule has 8 heteroatoms. The summed E-state index contributed by atoms with van der Waals surface area (Å²) in [6, 6.07) is 6.19. The van der Waals surface area contributed by atoms with Gasteiger partial charge in [-0.15, -0.1) is 0 Å². The van der Waals surface area contributed by atoms with Crippen LogP contribution in [0.1, 0.15) is 0 Å². The Morgan fingerprint density at radius 1 is 1.38 bits per heavy atom. The molecule has 1 heterocycles. The van der Waals surface area contributed by atoms with Crippen molar-refractivity contribution in [1.29, 1.82) is 0 Å². The molecule has 0 bridgehead atoms. The Labute approximate surface area is 94.6 Å². The molecule has 2 rings (SSSR count). The van der Waals surface area contributed by atoms with Gasteiger partial charge in [0.25, 0.3) is 5.69 Å². The van der Waals surface area contributed by atoms with Gasteiger partial charge < -0.3 is 4.90 Å². The van der Waals surface area contributed by atoms with Crippen LogP contribution in [0.25, 0.3) is 0 Å². The van der Waals surface area contributed by atoms with Gasteiger partial charge in [-0.1, -0.05) is 9.59 Å². The van der Waals surface area contributed by atoms with Crippen molar-refractivity contribution in [3.05, 3.63) is 34.4 Å². The summed E-state index contributed by atoms with van der Waals surface area (Å²) < 4.78 is 3.65. The van der Waals surface area contributed by atoms with E-state index in [0.717, 1.165) is 17.2 Å². The van der Waals surface area contributed by atoms with Crippen molar-refractivity contribution in [1.82, 2.24) is 14.8 Å². The van der Waals surface area contributed by atoms with E-state index >= 15 is 0 Å². The number of anilines is 2. The van der Waals surface area contributed by atoms with Crippen LogP contribution in [0.2, 0.25) is 0 Å². The van der Waals surface area contributed by atoms with Crippen LogP contribution >= 0.6 is 11.5 Å². The maximum absolute atomic E-state index is 10.5. The van der Waals surface area contributed by atoms with Gasteiger partial charge in [-0.2, -0.15) is 0 Å². The zero-order valence-electron chi connectivity index (χ0n) is 8.27. The number of hydrogen-bond donors (Lipinski definition) is 0. The first kappa shape index (κ1) is 10.4. The molecule has 0 unspecified atom stereocenters. The van der Waals surface area contributed by atoms with E-state index in [1.54, 1.807) is 24.1 Å². The topological polar surface area (TPSA) is 85.0 Å². The minimum Gasteiger partial charge on any atom is -0.318 e. The average Bonchev–Trinajstić information content (AvgIpc) is 2.81. The fourth-order valence-corrected chi connectivity index (χ4v) is 1.61. The lowest BCUT2D eigenvalue weighted by molar-refractivity contribution is -0.384. The molecule has 0 amide bonds. The van der Waals surface area contributed by atoms with Crippen LogP contribution < -0.4 is 4.90 Å². The molecule has 0 aliphatic rings. The molecule has 0 radical (unpaired) electrons. The van der Waals surface area contributed by atoms with E-state index in [9.17, 15) is 10.1 Å². The summed E-state index contributed by atoms with van der Waals surface area (Å²) in [7, 11) is 1.80. The highest BCUT2D eigenvalue weighted by Crippen LogP contribution is 2.25. The van der Waals surface area contributed by atoms with Gasteiger partial charge in [0.15, 0.2) is 0 Å². The maximum Gasteiger partial charge on any atom is 0.269 e. The quantitative estimate of drug-likeness (QED) is 0.595. The summed E-state index contributed by atoms with van der Waals surface area (Å²) in [6.07, 6.45) is 0.